The average molecular weight is 749 g/mol. The first-order chi connectivity index (χ1) is 28.3. The molecule has 1 aliphatic heterocycles. The van der Waals surface area contributed by atoms with Crippen LogP contribution in [0.15, 0.2) is 196 Å². The molecule has 0 radical (unpaired) electrons. The number of aromatic nitrogens is 1. The Morgan fingerprint density at radius 1 is 0.509 bits per heavy atom. The molecule has 0 spiro atoms. The summed E-state index contributed by atoms with van der Waals surface area (Å²) >= 11 is 1.82. The second-order valence-electron chi connectivity index (χ2n) is 14.5. The van der Waals surface area contributed by atoms with E-state index in [1.165, 1.54) is 30.9 Å². The number of nitrogens with zero attached hydrogens (tertiary/aromatic N) is 3. The van der Waals surface area contributed by atoms with Crippen molar-refractivity contribution in [1.82, 2.24) is 9.88 Å². The van der Waals surface area contributed by atoms with Gasteiger partial charge in [0.15, 0.2) is 11.4 Å². The van der Waals surface area contributed by atoms with Gasteiger partial charge in [0.1, 0.15) is 17.6 Å². The van der Waals surface area contributed by atoms with Gasteiger partial charge in [0.2, 0.25) is 0 Å². The lowest BCUT2D eigenvalue weighted by atomic mass is 9.96. The zero-order valence-electron chi connectivity index (χ0n) is 30.6. The first-order valence-electron chi connectivity index (χ1n) is 19.2. The van der Waals surface area contributed by atoms with Gasteiger partial charge in [0.05, 0.1) is 16.7 Å². The van der Waals surface area contributed by atoms with Crippen molar-refractivity contribution in [2.45, 2.75) is 6.17 Å². The van der Waals surface area contributed by atoms with Crippen LogP contribution >= 0.6 is 11.3 Å². The Morgan fingerprint density at radius 3 is 1.91 bits per heavy atom. The van der Waals surface area contributed by atoms with Crippen LogP contribution in [0.25, 0.3) is 80.7 Å². The summed E-state index contributed by atoms with van der Waals surface area (Å²) < 4.78 is 11.9. The van der Waals surface area contributed by atoms with Gasteiger partial charge in [-0.15, -0.1) is 11.3 Å². The highest BCUT2D eigenvalue weighted by Gasteiger charge is 2.24. The SMILES string of the molecule is c1ccc(C2=NC(c3ccc4sc5cccc(-c6cccc7c6oc6c(-n8c9ccccc9c9ccccc98)cccc67)c5c4c3)NC(c3ccccc3)=N2)cc1. The Bertz CT molecular complexity index is 3390. The Balaban J connectivity index is 1.04. The monoisotopic (exact) mass is 748 g/mol. The van der Waals surface area contributed by atoms with E-state index in [4.69, 9.17) is 14.4 Å². The molecular formula is C51H32N4OS. The summed E-state index contributed by atoms with van der Waals surface area (Å²) in [6.45, 7) is 0. The van der Waals surface area contributed by atoms with Crippen LogP contribution in [-0.2, 0) is 0 Å². The fourth-order valence-electron chi connectivity index (χ4n) is 8.69. The molecule has 8 aromatic carbocycles. The lowest BCUT2D eigenvalue weighted by molar-refractivity contribution is 0.667. The molecule has 0 amide bonds. The molecule has 0 aliphatic carbocycles. The molecule has 3 aromatic heterocycles. The molecule has 5 nitrogen and oxygen atoms in total. The van der Waals surface area contributed by atoms with Crippen LogP contribution in [0.1, 0.15) is 22.9 Å². The van der Waals surface area contributed by atoms with Gasteiger partial charge in [0, 0.05) is 58.4 Å². The topological polar surface area (TPSA) is 54.8 Å². The minimum Gasteiger partial charge on any atom is -0.453 e. The smallest absolute Gasteiger partial charge is 0.159 e. The predicted molar refractivity (Wildman–Crippen MR) is 238 cm³/mol. The number of para-hydroxylation sites is 4. The van der Waals surface area contributed by atoms with Gasteiger partial charge in [-0.25, -0.2) is 9.98 Å². The molecule has 0 saturated carbocycles. The lowest BCUT2D eigenvalue weighted by Gasteiger charge is -2.23. The van der Waals surface area contributed by atoms with Gasteiger partial charge in [-0.05, 0) is 47.5 Å². The normalized spacial score (nSPS) is 14.5. The molecule has 12 rings (SSSR count). The number of rotatable bonds is 5. The minimum atomic E-state index is -0.322. The van der Waals surface area contributed by atoms with Crippen molar-refractivity contribution in [3.05, 3.63) is 199 Å². The molecule has 1 aliphatic rings. The third kappa shape index (κ3) is 5.01. The highest BCUT2D eigenvalue weighted by Crippen LogP contribution is 2.45. The summed E-state index contributed by atoms with van der Waals surface area (Å²) in [5.41, 5.74) is 10.4. The van der Waals surface area contributed by atoms with Crippen molar-refractivity contribution in [3.8, 4) is 16.8 Å². The maximum atomic E-state index is 7.10. The molecule has 0 saturated heterocycles. The van der Waals surface area contributed by atoms with Gasteiger partial charge in [-0.1, -0.05) is 146 Å². The molecule has 57 heavy (non-hydrogen) atoms. The summed E-state index contributed by atoms with van der Waals surface area (Å²) in [7, 11) is 0. The molecule has 1 unspecified atom stereocenters. The number of hydrogen-bond acceptors (Lipinski definition) is 5. The molecule has 268 valence electrons. The first-order valence-corrected chi connectivity index (χ1v) is 20.0. The van der Waals surface area contributed by atoms with E-state index >= 15 is 0 Å². The van der Waals surface area contributed by atoms with Gasteiger partial charge in [-0.3, -0.25) is 0 Å². The van der Waals surface area contributed by atoms with Crippen LogP contribution in [0.5, 0.6) is 0 Å². The highest BCUT2D eigenvalue weighted by atomic mass is 32.1. The number of hydrogen-bond donors (Lipinski definition) is 1. The number of amidine groups is 2. The molecule has 1 N–H and O–H groups in total. The molecular weight excluding hydrogens is 717 g/mol. The zero-order chi connectivity index (χ0) is 37.5. The summed E-state index contributed by atoms with van der Waals surface area (Å²) in [4.78, 5) is 10.2. The number of aliphatic imine (C=N–C) groups is 2. The number of furan rings is 1. The predicted octanol–water partition coefficient (Wildman–Crippen LogP) is 13.2. The van der Waals surface area contributed by atoms with Crippen LogP contribution in [0.2, 0.25) is 0 Å². The third-order valence-corrected chi connectivity index (χ3v) is 12.4. The standard InChI is InChI=1S/C51H32N4OS/c1-3-14-31(15-4-1)49-52-50(32-16-5-2-6-17-32)54-51(53-49)33-28-29-44-40(30-33)46-36(20-13-27-45(46)57-44)37-21-11-22-38-39-23-12-26-43(48(39)56-47(37)38)55-41-24-9-7-18-34(41)35-19-8-10-25-42(35)55/h1-30,51H,(H,52,53,54). The maximum absolute atomic E-state index is 7.10. The van der Waals surface area contributed by atoms with Crippen LogP contribution in [0.4, 0.5) is 0 Å². The number of fused-ring (bicyclic) bond motifs is 9. The molecule has 4 heterocycles. The van der Waals surface area contributed by atoms with Crippen molar-refractivity contribution < 1.29 is 4.42 Å². The molecule has 0 bridgehead atoms. The number of nitrogens with one attached hydrogen (secondary N) is 1. The Hall–Kier alpha value is -7.28. The number of benzene rings is 8. The van der Waals surface area contributed by atoms with Gasteiger partial charge >= 0.3 is 0 Å². The molecule has 1 atom stereocenters. The maximum Gasteiger partial charge on any atom is 0.159 e. The highest BCUT2D eigenvalue weighted by molar-refractivity contribution is 7.26. The number of thiophene rings is 1. The van der Waals surface area contributed by atoms with Crippen LogP contribution in [0, 0.1) is 0 Å². The van der Waals surface area contributed by atoms with Crippen LogP contribution in [-0.4, -0.2) is 16.2 Å². The van der Waals surface area contributed by atoms with E-state index in [0.717, 1.165) is 72.3 Å². The average Bonchev–Trinajstić information content (AvgIpc) is 3.96. The quantitative estimate of drug-likeness (QED) is 0.191. The van der Waals surface area contributed by atoms with Gasteiger partial charge < -0.3 is 14.3 Å². The van der Waals surface area contributed by atoms with Crippen LogP contribution in [0.3, 0.4) is 0 Å². The van der Waals surface area contributed by atoms with E-state index in [-0.39, 0.29) is 6.17 Å². The largest absolute Gasteiger partial charge is 0.453 e. The third-order valence-electron chi connectivity index (χ3n) is 11.3. The Labute approximate surface area is 331 Å². The Kier molecular flexibility index (Phi) is 7.09. The van der Waals surface area contributed by atoms with Gasteiger partial charge in [0.25, 0.3) is 0 Å². The van der Waals surface area contributed by atoms with Crippen molar-refractivity contribution in [2.75, 3.05) is 0 Å². The van der Waals surface area contributed by atoms with Gasteiger partial charge in [-0.2, -0.15) is 0 Å². The minimum absolute atomic E-state index is 0.322. The van der Waals surface area contributed by atoms with E-state index in [0.29, 0.717) is 5.84 Å². The fraction of sp³-hybridized carbons (Fsp3) is 0.0196. The van der Waals surface area contributed by atoms with Crippen molar-refractivity contribution in [2.24, 2.45) is 9.98 Å². The molecule has 11 aromatic rings. The summed E-state index contributed by atoms with van der Waals surface area (Å²) in [5.74, 6) is 1.52. The second-order valence-corrected chi connectivity index (χ2v) is 15.6. The van der Waals surface area contributed by atoms with E-state index in [2.05, 4.69) is 155 Å². The van der Waals surface area contributed by atoms with Crippen LogP contribution < -0.4 is 5.32 Å². The zero-order valence-corrected chi connectivity index (χ0v) is 31.4. The van der Waals surface area contributed by atoms with Crippen molar-refractivity contribution in [3.63, 3.8) is 0 Å². The summed E-state index contributed by atoms with van der Waals surface area (Å²) in [6.07, 6.45) is -0.322. The van der Waals surface area contributed by atoms with E-state index in [9.17, 15) is 0 Å². The first kappa shape index (κ1) is 32.0. The second kappa shape index (κ2) is 12.6. The molecule has 6 heteroatoms. The fourth-order valence-corrected chi connectivity index (χ4v) is 9.81. The van der Waals surface area contributed by atoms with E-state index in [1.54, 1.807) is 0 Å². The van der Waals surface area contributed by atoms with Crippen molar-refractivity contribution >= 4 is 86.9 Å². The van der Waals surface area contributed by atoms with Crippen molar-refractivity contribution in [1.29, 1.82) is 0 Å². The molecule has 0 fully saturated rings. The van der Waals surface area contributed by atoms with E-state index < -0.39 is 0 Å². The van der Waals surface area contributed by atoms with E-state index in [1.807, 2.05) is 47.7 Å². The lowest BCUT2D eigenvalue weighted by Crippen LogP contribution is -2.33. The summed E-state index contributed by atoms with van der Waals surface area (Å²) in [6, 6.07) is 64.2. The summed E-state index contributed by atoms with van der Waals surface area (Å²) in [5, 5.41) is 10.7. The Morgan fingerprint density at radius 2 is 1.14 bits per heavy atom.